The molecule has 1 aliphatic carbocycles. The predicted molar refractivity (Wildman–Crippen MR) is 71.9 cm³/mol. The summed E-state index contributed by atoms with van der Waals surface area (Å²) >= 11 is 0. The van der Waals surface area contributed by atoms with Crippen LogP contribution in [0.1, 0.15) is 25.3 Å². The lowest BCUT2D eigenvalue weighted by molar-refractivity contribution is -0.117. The number of phenolic OH excluding ortho intramolecular Hbond substituents is 1. The van der Waals surface area contributed by atoms with E-state index in [1.165, 1.54) is 12.8 Å². The first-order valence-corrected chi connectivity index (χ1v) is 6.45. The van der Waals surface area contributed by atoms with Crippen LogP contribution in [0.4, 0.5) is 5.69 Å². The minimum Gasteiger partial charge on any atom is -0.508 e. The predicted octanol–water partition coefficient (Wildman–Crippen LogP) is 1.81. The van der Waals surface area contributed by atoms with E-state index in [0.717, 1.165) is 11.3 Å². The fourth-order valence-electron chi connectivity index (χ4n) is 1.98. The number of phenols is 1. The third-order valence-corrected chi connectivity index (χ3v) is 3.22. The average Bonchev–Trinajstić information content (AvgIpc) is 3.16. The largest absolute Gasteiger partial charge is 0.508 e. The Morgan fingerprint density at radius 2 is 2.22 bits per heavy atom. The van der Waals surface area contributed by atoms with Crippen LogP contribution in [-0.2, 0) is 4.79 Å². The van der Waals surface area contributed by atoms with Crippen molar-refractivity contribution in [2.45, 2.75) is 32.7 Å². The molecular formula is C14H20N2O2. The number of amides is 1. The SMILES string of the molecule is CCN(C(=O)CNC1CC1)c1cc(O)ccc1C. The van der Waals surface area contributed by atoms with Gasteiger partial charge in [-0.25, -0.2) is 0 Å². The lowest BCUT2D eigenvalue weighted by atomic mass is 10.1. The molecule has 2 N–H and O–H groups in total. The average molecular weight is 248 g/mol. The van der Waals surface area contributed by atoms with E-state index < -0.39 is 0 Å². The molecule has 0 aliphatic heterocycles. The molecule has 0 atom stereocenters. The normalized spacial score (nSPS) is 14.6. The summed E-state index contributed by atoms with van der Waals surface area (Å²) in [7, 11) is 0. The lowest BCUT2D eigenvalue weighted by Crippen LogP contribution is -2.39. The van der Waals surface area contributed by atoms with Crippen molar-refractivity contribution in [2.24, 2.45) is 0 Å². The number of hydrogen-bond donors (Lipinski definition) is 2. The zero-order valence-corrected chi connectivity index (χ0v) is 10.9. The first-order chi connectivity index (χ1) is 8.61. The molecular weight excluding hydrogens is 228 g/mol. The van der Waals surface area contributed by atoms with Crippen LogP contribution in [0.2, 0.25) is 0 Å². The standard InChI is InChI=1S/C14H20N2O2/c1-3-16(14(18)9-15-11-5-6-11)13-8-12(17)7-4-10(13)2/h4,7-8,11,15,17H,3,5-6,9H2,1-2H3. The van der Waals surface area contributed by atoms with E-state index in [4.69, 9.17) is 0 Å². The van der Waals surface area contributed by atoms with E-state index in [9.17, 15) is 9.90 Å². The fraction of sp³-hybridized carbons (Fsp3) is 0.500. The van der Waals surface area contributed by atoms with Crippen molar-refractivity contribution in [1.29, 1.82) is 0 Å². The highest BCUT2D eigenvalue weighted by Crippen LogP contribution is 2.25. The molecule has 98 valence electrons. The van der Waals surface area contributed by atoms with Crippen molar-refractivity contribution in [2.75, 3.05) is 18.0 Å². The van der Waals surface area contributed by atoms with E-state index in [0.29, 0.717) is 19.1 Å². The Labute approximate surface area is 108 Å². The number of likely N-dealkylation sites (N-methyl/N-ethyl adjacent to an activating group) is 1. The van der Waals surface area contributed by atoms with Crippen LogP contribution in [0, 0.1) is 6.92 Å². The monoisotopic (exact) mass is 248 g/mol. The summed E-state index contributed by atoms with van der Waals surface area (Å²) in [5.41, 5.74) is 1.79. The number of aryl methyl sites for hydroxylation is 1. The minimum absolute atomic E-state index is 0.0538. The Kier molecular flexibility index (Phi) is 3.87. The van der Waals surface area contributed by atoms with Crippen molar-refractivity contribution >= 4 is 11.6 Å². The molecule has 0 unspecified atom stereocenters. The second-order valence-corrected chi connectivity index (χ2v) is 4.76. The molecule has 1 fully saturated rings. The summed E-state index contributed by atoms with van der Waals surface area (Å²) in [6.45, 7) is 4.86. The number of rotatable bonds is 5. The highest BCUT2D eigenvalue weighted by Gasteiger charge is 2.23. The van der Waals surface area contributed by atoms with E-state index in [2.05, 4.69) is 5.32 Å². The van der Waals surface area contributed by atoms with Crippen LogP contribution >= 0.6 is 0 Å². The molecule has 1 aromatic rings. The molecule has 0 spiro atoms. The number of carbonyl (C=O) groups is 1. The molecule has 1 aromatic carbocycles. The Morgan fingerprint density at radius 1 is 1.50 bits per heavy atom. The third-order valence-electron chi connectivity index (χ3n) is 3.22. The zero-order chi connectivity index (χ0) is 13.1. The fourth-order valence-corrected chi connectivity index (χ4v) is 1.98. The molecule has 0 radical (unpaired) electrons. The van der Waals surface area contributed by atoms with Gasteiger partial charge in [-0.15, -0.1) is 0 Å². The van der Waals surface area contributed by atoms with Gasteiger partial charge in [0.1, 0.15) is 5.75 Å². The molecule has 0 aromatic heterocycles. The van der Waals surface area contributed by atoms with Gasteiger partial charge in [-0.3, -0.25) is 4.79 Å². The van der Waals surface area contributed by atoms with Gasteiger partial charge in [0.25, 0.3) is 0 Å². The molecule has 18 heavy (non-hydrogen) atoms. The van der Waals surface area contributed by atoms with E-state index in [-0.39, 0.29) is 11.7 Å². The molecule has 1 aliphatic rings. The summed E-state index contributed by atoms with van der Waals surface area (Å²) in [5.74, 6) is 0.245. The van der Waals surface area contributed by atoms with Crippen LogP contribution in [-0.4, -0.2) is 30.1 Å². The zero-order valence-electron chi connectivity index (χ0n) is 10.9. The van der Waals surface area contributed by atoms with Gasteiger partial charge < -0.3 is 15.3 Å². The number of nitrogens with zero attached hydrogens (tertiary/aromatic N) is 1. The number of nitrogens with one attached hydrogen (secondary N) is 1. The van der Waals surface area contributed by atoms with E-state index >= 15 is 0 Å². The van der Waals surface area contributed by atoms with Crippen LogP contribution in [0.25, 0.3) is 0 Å². The van der Waals surface area contributed by atoms with Crippen molar-refractivity contribution in [3.8, 4) is 5.75 Å². The Morgan fingerprint density at radius 3 is 2.83 bits per heavy atom. The topological polar surface area (TPSA) is 52.6 Å². The lowest BCUT2D eigenvalue weighted by Gasteiger charge is -2.23. The third kappa shape index (κ3) is 3.01. The van der Waals surface area contributed by atoms with Gasteiger partial charge in [0.15, 0.2) is 0 Å². The Bertz CT molecular complexity index is 441. The molecule has 4 nitrogen and oxygen atoms in total. The van der Waals surface area contributed by atoms with Gasteiger partial charge in [-0.2, -0.15) is 0 Å². The van der Waals surface area contributed by atoms with Gasteiger partial charge in [-0.05, 0) is 38.3 Å². The molecule has 2 rings (SSSR count). The van der Waals surface area contributed by atoms with Gasteiger partial charge in [0, 0.05) is 18.7 Å². The first-order valence-electron chi connectivity index (χ1n) is 6.45. The molecule has 1 saturated carbocycles. The second-order valence-electron chi connectivity index (χ2n) is 4.76. The smallest absolute Gasteiger partial charge is 0.240 e. The Hall–Kier alpha value is -1.55. The summed E-state index contributed by atoms with van der Waals surface area (Å²) in [6.07, 6.45) is 2.34. The van der Waals surface area contributed by atoms with E-state index in [1.807, 2.05) is 19.9 Å². The number of hydrogen-bond acceptors (Lipinski definition) is 3. The molecule has 0 bridgehead atoms. The van der Waals surface area contributed by atoms with Crippen molar-refractivity contribution in [1.82, 2.24) is 5.32 Å². The highest BCUT2D eigenvalue weighted by atomic mass is 16.3. The number of carbonyl (C=O) groups excluding carboxylic acids is 1. The summed E-state index contributed by atoms with van der Waals surface area (Å²) < 4.78 is 0. The summed E-state index contributed by atoms with van der Waals surface area (Å²) in [6, 6.07) is 5.64. The minimum atomic E-state index is 0.0538. The summed E-state index contributed by atoms with van der Waals surface area (Å²) in [5, 5.41) is 12.8. The number of aromatic hydroxyl groups is 1. The molecule has 1 amide bonds. The van der Waals surface area contributed by atoms with Crippen molar-refractivity contribution < 1.29 is 9.90 Å². The molecule has 4 heteroatoms. The van der Waals surface area contributed by atoms with E-state index in [1.54, 1.807) is 17.0 Å². The second kappa shape index (κ2) is 5.40. The maximum absolute atomic E-state index is 12.2. The van der Waals surface area contributed by atoms with Crippen molar-refractivity contribution in [3.05, 3.63) is 23.8 Å². The van der Waals surface area contributed by atoms with Crippen LogP contribution in [0.15, 0.2) is 18.2 Å². The molecule has 0 heterocycles. The summed E-state index contributed by atoms with van der Waals surface area (Å²) in [4.78, 5) is 13.9. The number of benzene rings is 1. The maximum Gasteiger partial charge on any atom is 0.240 e. The first kappa shape index (κ1) is 12.9. The molecule has 0 saturated heterocycles. The Balaban J connectivity index is 2.10. The van der Waals surface area contributed by atoms with Crippen LogP contribution in [0.3, 0.4) is 0 Å². The van der Waals surface area contributed by atoms with Gasteiger partial charge in [0.2, 0.25) is 5.91 Å². The van der Waals surface area contributed by atoms with Gasteiger partial charge in [-0.1, -0.05) is 6.07 Å². The highest BCUT2D eigenvalue weighted by molar-refractivity contribution is 5.95. The van der Waals surface area contributed by atoms with Gasteiger partial charge in [0.05, 0.1) is 12.2 Å². The van der Waals surface area contributed by atoms with Crippen LogP contribution < -0.4 is 10.2 Å². The maximum atomic E-state index is 12.2. The number of anilines is 1. The van der Waals surface area contributed by atoms with Crippen LogP contribution in [0.5, 0.6) is 5.75 Å². The van der Waals surface area contributed by atoms with Crippen molar-refractivity contribution in [3.63, 3.8) is 0 Å². The van der Waals surface area contributed by atoms with Gasteiger partial charge >= 0.3 is 0 Å². The quantitative estimate of drug-likeness (QED) is 0.835.